The summed E-state index contributed by atoms with van der Waals surface area (Å²) in [6.45, 7) is 2.33. The number of aromatic nitrogens is 4. The van der Waals surface area contributed by atoms with E-state index < -0.39 is 11.9 Å². The topological polar surface area (TPSA) is 111 Å². The molecule has 34 heavy (non-hydrogen) atoms. The molecule has 0 atom stereocenters. The average Bonchev–Trinajstić information content (AvgIpc) is 3.28. The minimum absolute atomic E-state index is 0.207. The zero-order valence-electron chi connectivity index (χ0n) is 18.3. The third kappa shape index (κ3) is 3.76. The monoisotopic (exact) mass is 462 g/mol. The molecule has 3 aromatic heterocycles. The lowest BCUT2D eigenvalue weighted by atomic mass is 10.2. The number of imidazole rings is 1. The van der Waals surface area contributed by atoms with Crippen molar-refractivity contribution in [3.8, 4) is 17.0 Å². The van der Waals surface area contributed by atoms with Gasteiger partial charge in [-0.15, -0.1) is 0 Å². The second kappa shape index (κ2) is 8.43. The fourth-order valence-electron chi connectivity index (χ4n) is 3.78. The number of aryl methyl sites for hydroxylation is 1. The van der Waals surface area contributed by atoms with E-state index in [4.69, 9.17) is 4.74 Å². The molecular weight excluding hydrogens is 443 g/mol. The molecule has 172 valence electrons. The molecule has 1 aliphatic rings. The van der Waals surface area contributed by atoms with E-state index in [0.29, 0.717) is 40.8 Å². The van der Waals surface area contributed by atoms with Crippen molar-refractivity contribution in [3.63, 3.8) is 0 Å². The number of hydrogen-bond donors (Lipinski definition) is 1. The maximum absolute atomic E-state index is 13.6. The first kappa shape index (κ1) is 21.3. The molecule has 0 bridgehead atoms. The molecule has 0 fully saturated rings. The van der Waals surface area contributed by atoms with Gasteiger partial charge >= 0.3 is 6.09 Å². The van der Waals surface area contributed by atoms with E-state index in [0.717, 1.165) is 5.56 Å². The molecule has 11 heteroatoms. The fraction of sp³-hybridized carbons (Fsp3) is 0.174. The van der Waals surface area contributed by atoms with Crippen LogP contribution in [-0.4, -0.2) is 51.6 Å². The van der Waals surface area contributed by atoms with Crippen molar-refractivity contribution in [1.82, 2.24) is 19.4 Å². The Kier molecular flexibility index (Phi) is 5.28. The average molecular weight is 462 g/mol. The summed E-state index contributed by atoms with van der Waals surface area (Å²) in [5, 5.41) is 2.49. The van der Waals surface area contributed by atoms with Gasteiger partial charge in [0.1, 0.15) is 29.7 Å². The summed E-state index contributed by atoms with van der Waals surface area (Å²) in [5.41, 5.74) is 3.27. The highest BCUT2D eigenvalue weighted by molar-refractivity contribution is 6.06. The highest BCUT2D eigenvalue weighted by atomic mass is 19.1. The van der Waals surface area contributed by atoms with Crippen molar-refractivity contribution in [2.75, 3.05) is 30.5 Å². The normalized spacial score (nSPS) is 12.7. The maximum Gasteiger partial charge on any atom is 0.412 e. The summed E-state index contributed by atoms with van der Waals surface area (Å²) < 4.78 is 25.5. The van der Waals surface area contributed by atoms with Gasteiger partial charge in [-0.3, -0.25) is 14.5 Å². The van der Waals surface area contributed by atoms with Gasteiger partial charge in [0, 0.05) is 24.0 Å². The minimum atomic E-state index is -0.618. The Morgan fingerprint density at radius 1 is 1.18 bits per heavy atom. The van der Waals surface area contributed by atoms with Crippen LogP contribution in [0.4, 0.5) is 20.7 Å². The molecule has 0 spiro atoms. The Hall–Kier alpha value is -4.54. The van der Waals surface area contributed by atoms with Gasteiger partial charge in [-0.05, 0) is 31.2 Å². The number of nitrogens with zero attached hydrogens (tertiary/aromatic N) is 5. The third-order valence-corrected chi connectivity index (χ3v) is 5.38. The van der Waals surface area contributed by atoms with E-state index in [1.54, 1.807) is 42.0 Å². The van der Waals surface area contributed by atoms with Gasteiger partial charge in [0.2, 0.25) is 0 Å². The van der Waals surface area contributed by atoms with Crippen LogP contribution in [0.1, 0.15) is 16.2 Å². The third-order valence-electron chi connectivity index (χ3n) is 5.38. The SMILES string of the molecule is COC(=O)Nc1ccc(-c2cnc3c(C)nc(C(=O)N4CCOc5cc(F)ccc54)cn23)cn1. The molecule has 0 saturated heterocycles. The number of carbonyl (C=O) groups is 2. The van der Waals surface area contributed by atoms with Gasteiger partial charge in [0.15, 0.2) is 5.65 Å². The number of fused-ring (bicyclic) bond motifs is 2. The van der Waals surface area contributed by atoms with Crippen LogP contribution >= 0.6 is 0 Å². The summed E-state index contributed by atoms with van der Waals surface area (Å²) in [4.78, 5) is 39.4. The fourth-order valence-corrected chi connectivity index (χ4v) is 3.78. The van der Waals surface area contributed by atoms with Crippen LogP contribution < -0.4 is 15.0 Å². The lowest BCUT2D eigenvalue weighted by molar-refractivity contribution is 0.0971. The van der Waals surface area contributed by atoms with E-state index in [-0.39, 0.29) is 18.2 Å². The standard InChI is InChI=1S/C23H19FN6O4/c1-13-21-26-11-18(14-3-6-20(25-10-14)28-23(32)33-2)30(21)12-16(27-13)22(31)29-7-8-34-19-9-15(24)4-5-17(19)29/h3-6,9-12H,7-8H2,1-2H3,(H,25,28,32). The van der Waals surface area contributed by atoms with Crippen LogP contribution in [0.15, 0.2) is 48.9 Å². The number of anilines is 2. The molecule has 2 amide bonds. The molecule has 1 aromatic carbocycles. The molecule has 0 aliphatic carbocycles. The van der Waals surface area contributed by atoms with E-state index in [9.17, 15) is 14.0 Å². The Morgan fingerprint density at radius 3 is 2.79 bits per heavy atom. The van der Waals surface area contributed by atoms with Gasteiger partial charge in [0.05, 0.1) is 36.9 Å². The van der Waals surface area contributed by atoms with Crippen LogP contribution in [0, 0.1) is 12.7 Å². The first-order valence-corrected chi connectivity index (χ1v) is 10.3. The number of halogens is 1. The van der Waals surface area contributed by atoms with Crippen LogP contribution in [0.2, 0.25) is 0 Å². The summed E-state index contributed by atoms with van der Waals surface area (Å²) in [6.07, 6.45) is 4.24. The van der Waals surface area contributed by atoms with Crippen molar-refractivity contribution in [1.29, 1.82) is 0 Å². The second-order valence-electron chi connectivity index (χ2n) is 7.51. The first-order chi connectivity index (χ1) is 16.4. The smallest absolute Gasteiger partial charge is 0.412 e. The van der Waals surface area contributed by atoms with Crippen molar-refractivity contribution >= 4 is 29.2 Å². The number of pyridine rings is 1. The van der Waals surface area contributed by atoms with Gasteiger partial charge < -0.3 is 14.4 Å². The van der Waals surface area contributed by atoms with E-state index in [2.05, 4.69) is 25.0 Å². The van der Waals surface area contributed by atoms with E-state index >= 15 is 0 Å². The lowest BCUT2D eigenvalue weighted by Gasteiger charge is -2.29. The van der Waals surface area contributed by atoms with Gasteiger partial charge in [-0.1, -0.05) is 0 Å². The Bertz CT molecular complexity index is 1420. The number of hydrogen-bond acceptors (Lipinski definition) is 7. The molecule has 0 unspecified atom stereocenters. The quantitative estimate of drug-likeness (QED) is 0.496. The van der Waals surface area contributed by atoms with Crippen molar-refractivity contribution in [3.05, 3.63) is 66.1 Å². The highest BCUT2D eigenvalue weighted by Crippen LogP contribution is 2.33. The Morgan fingerprint density at radius 2 is 2.03 bits per heavy atom. The Balaban J connectivity index is 1.51. The number of ether oxygens (including phenoxy) is 2. The van der Waals surface area contributed by atoms with Crippen LogP contribution in [-0.2, 0) is 4.74 Å². The summed E-state index contributed by atoms with van der Waals surface area (Å²) in [6, 6.07) is 7.47. The molecule has 0 radical (unpaired) electrons. The highest BCUT2D eigenvalue weighted by Gasteiger charge is 2.27. The van der Waals surface area contributed by atoms with Crippen LogP contribution in [0.3, 0.4) is 0 Å². The number of amides is 2. The van der Waals surface area contributed by atoms with Gasteiger partial charge in [-0.2, -0.15) is 0 Å². The maximum atomic E-state index is 13.6. The lowest BCUT2D eigenvalue weighted by Crippen LogP contribution is -2.38. The molecule has 5 rings (SSSR count). The van der Waals surface area contributed by atoms with Crippen LogP contribution in [0.5, 0.6) is 5.75 Å². The largest absolute Gasteiger partial charge is 0.489 e. The number of carbonyl (C=O) groups excluding carboxylic acids is 2. The molecule has 10 nitrogen and oxygen atoms in total. The molecule has 1 N–H and O–H groups in total. The first-order valence-electron chi connectivity index (χ1n) is 10.3. The van der Waals surface area contributed by atoms with Crippen LogP contribution in [0.25, 0.3) is 16.9 Å². The molecule has 0 saturated carbocycles. The van der Waals surface area contributed by atoms with E-state index in [1.807, 2.05) is 0 Å². The molecule has 4 aromatic rings. The summed E-state index contributed by atoms with van der Waals surface area (Å²) in [5.74, 6) is -0.127. The number of rotatable bonds is 3. The van der Waals surface area contributed by atoms with Gasteiger partial charge in [0.25, 0.3) is 5.91 Å². The number of benzene rings is 1. The summed E-state index contributed by atoms with van der Waals surface area (Å²) >= 11 is 0. The summed E-state index contributed by atoms with van der Waals surface area (Å²) in [7, 11) is 1.27. The molecule has 4 heterocycles. The predicted octanol–water partition coefficient (Wildman–Crippen LogP) is 3.46. The van der Waals surface area contributed by atoms with Crippen molar-refractivity contribution in [2.45, 2.75) is 6.92 Å². The Labute approximate surface area is 193 Å². The molecular formula is C23H19FN6O4. The number of nitrogens with one attached hydrogen (secondary N) is 1. The zero-order chi connectivity index (χ0) is 23.8. The number of methoxy groups -OCH3 is 1. The van der Waals surface area contributed by atoms with Crippen molar-refractivity contribution in [2.24, 2.45) is 0 Å². The van der Waals surface area contributed by atoms with Crippen molar-refractivity contribution < 1.29 is 23.5 Å². The van der Waals surface area contributed by atoms with E-state index in [1.165, 1.54) is 30.2 Å². The molecule has 1 aliphatic heterocycles. The zero-order valence-corrected chi connectivity index (χ0v) is 18.3. The second-order valence-corrected chi connectivity index (χ2v) is 7.51. The minimum Gasteiger partial charge on any atom is -0.489 e. The predicted molar refractivity (Wildman–Crippen MR) is 121 cm³/mol. The van der Waals surface area contributed by atoms with Gasteiger partial charge in [-0.25, -0.2) is 24.1 Å².